The molecule has 0 fully saturated rings. The van der Waals surface area contributed by atoms with E-state index in [1.54, 1.807) is 7.11 Å². The van der Waals surface area contributed by atoms with Gasteiger partial charge in [-0.2, -0.15) is 0 Å². The standard InChI is InChI=1S/C14H19NO2/c1-4-7-11(2)14(16)15-10-12-8-5-6-9-13(12)17-3/h5-9H,4,10H2,1-3H3,(H,15,16)/b11-7+. The normalized spacial score (nSPS) is 11.1. The van der Waals surface area contributed by atoms with Crippen LogP contribution in [-0.4, -0.2) is 13.0 Å². The van der Waals surface area contributed by atoms with Crippen LogP contribution < -0.4 is 10.1 Å². The second-order valence-corrected chi connectivity index (χ2v) is 3.79. The minimum absolute atomic E-state index is 0.0299. The van der Waals surface area contributed by atoms with E-state index in [0.717, 1.165) is 23.3 Å². The summed E-state index contributed by atoms with van der Waals surface area (Å²) >= 11 is 0. The molecule has 92 valence electrons. The SMILES string of the molecule is CC/C=C(\C)C(=O)NCc1ccccc1OC. The van der Waals surface area contributed by atoms with Gasteiger partial charge in [-0.3, -0.25) is 4.79 Å². The number of benzene rings is 1. The van der Waals surface area contributed by atoms with E-state index in [1.807, 2.05) is 44.2 Å². The fraction of sp³-hybridized carbons (Fsp3) is 0.357. The topological polar surface area (TPSA) is 38.3 Å². The Morgan fingerprint density at radius 1 is 1.41 bits per heavy atom. The number of amides is 1. The molecular weight excluding hydrogens is 214 g/mol. The molecular formula is C14H19NO2. The van der Waals surface area contributed by atoms with Gasteiger partial charge in [0.2, 0.25) is 5.91 Å². The largest absolute Gasteiger partial charge is 0.496 e. The molecule has 17 heavy (non-hydrogen) atoms. The van der Waals surface area contributed by atoms with Crippen molar-refractivity contribution in [3.63, 3.8) is 0 Å². The number of nitrogens with one attached hydrogen (secondary N) is 1. The fourth-order valence-corrected chi connectivity index (χ4v) is 1.56. The molecule has 0 atom stereocenters. The molecule has 3 nitrogen and oxygen atoms in total. The lowest BCUT2D eigenvalue weighted by Crippen LogP contribution is -2.23. The van der Waals surface area contributed by atoms with E-state index in [0.29, 0.717) is 6.54 Å². The summed E-state index contributed by atoms with van der Waals surface area (Å²) < 4.78 is 5.22. The third-order valence-corrected chi connectivity index (χ3v) is 2.50. The summed E-state index contributed by atoms with van der Waals surface area (Å²) in [5.74, 6) is 0.766. The number of methoxy groups -OCH3 is 1. The monoisotopic (exact) mass is 233 g/mol. The summed E-state index contributed by atoms with van der Waals surface area (Å²) in [7, 11) is 1.63. The number of hydrogen-bond acceptors (Lipinski definition) is 2. The molecule has 3 heteroatoms. The molecule has 0 spiro atoms. The highest BCUT2D eigenvalue weighted by Gasteiger charge is 2.05. The van der Waals surface area contributed by atoms with Crippen LogP contribution in [0.4, 0.5) is 0 Å². The highest BCUT2D eigenvalue weighted by molar-refractivity contribution is 5.92. The highest BCUT2D eigenvalue weighted by atomic mass is 16.5. The van der Waals surface area contributed by atoms with Gasteiger partial charge in [-0.15, -0.1) is 0 Å². The molecule has 0 radical (unpaired) electrons. The minimum Gasteiger partial charge on any atom is -0.496 e. The van der Waals surface area contributed by atoms with Crippen LogP contribution in [0.1, 0.15) is 25.8 Å². The van der Waals surface area contributed by atoms with Crippen molar-refractivity contribution in [2.75, 3.05) is 7.11 Å². The summed E-state index contributed by atoms with van der Waals surface area (Å²) in [5.41, 5.74) is 1.73. The second kappa shape index (κ2) is 6.74. The van der Waals surface area contributed by atoms with E-state index in [2.05, 4.69) is 5.32 Å². The maximum Gasteiger partial charge on any atom is 0.246 e. The molecule has 0 unspecified atom stereocenters. The summed E-state index contributed by atoms with van der Waals surface area (Å²) in [6, 6.07) is 7.67. The molecule has 0 aliphatic carbocycles. The van der Waals surface area contributed by atoms with Crippen LogP contribution >= 0.6 is 0 Å². The van der Waals surface area contributed by atoms with Crippen molar-refractivity contribution < 1.29 is 9.53 Å². The predicted octanol–water partition coefficient (Wildman–Crippen LogP) is 2.67. The minimum atomic E-state index is -0.0299. The van der Waals surface area contributed by atoms with Crippen LogP contribution in [0, 0.1) is 0 Å². The number of carbonyl (C=O) groups excluding carboxylic acids is 1. The van der Waals surface area contributed by atoms with Crippen LogP contribution in [0.2, 0.25) is 0 Å². The molecule has 0 saturated carbocycles. The number of allylic oxidation sites excluding steroid dienone is 1. The van der Waals surface area contributed by atoms with Gasteiger partial charge in [0.15, 0.2) is 0 Å². The van der Waals surface area contributed by atoms with Crippen LogP contribution in [-0.2, 0) is 11.3 Å². The van der Waals surface area contributed by atoms with Gasteiger partial charge in [0.05, 0.1) is 7.11 Å². The van der Waals surface area contributed by atoms with Crippen molar-refractivity contribution in [2.24, 2.45) is 0 Å². The quantitative estimate of drug-likeness (QED) is 0.794. The Bertz CT molecular complexity index is 410. The first kappa shape index (κ1) is 13.3. The maximum absolute atomic E-state index is 11.7. The highest BCUT2D eigenvalue weighted by Crippen LogP contribution is 2.16. The van der Waals surface area contributed by atoms with E-state index < -0.39 is 0 Å². The third kappa shape index (κ3) is 3.94. The van der Waals surface area contributed by atoms with Crippen LogP contribution in [0.15, 0.2) is 35.9 Å². The molecule has 0 bridgehead atoms. The van der Waals surface area contributed by atoms with E-state index in [4.69, 9.17) is 4.74 Å². The summed E-state index contributed by atoms with van der Waals surface area (Å²) in [4.78, 5) is 11.7. The second-order valence-electron chi connectivity index (χ2n) is 3.79. The molecule has 1 aromatic rings. The van der Waals surface area contributed by atoms with Crippen molar-refractivity contribution >= 4 is 5.91 Å². The molecule has 1 aromatic carbocycles. The molecule has 1 amide bonds. The summed E-state index contributed by atoms with van der Waals surface area (Å²) in [6.07, 6.45) is 2.78. The van der Waals surface area contributed by atoms with Crippen molar-refractivity contribution in [3.05, 3.63) is 41.5 Å². The molecule has 0 aromatic heterocycles. The first-order valence-corrected chi connectivity index (χ1v) is 5.75. The zero-order valence-electron chi connectivity index (χ0n) is 10.6. The molecule has 0 saturated heterocycles. The van der Waals surface area contributed by atoms with E-state index in [-0.39, 0.29) is 5.91 Å². The van der Waals surface area contributed by atoms with Gasteiger partial charge in [0, 0.05) is 17.7 Å². The summed E-state index contributed by atoms with van der Waals surface area (Å²) in [5, 5.41) is 2.87. The third-order valence-electron chi connectivity index (χ3n) is 2.50. The van der Waals surface area contributed by atoms with Gasteiger partial charge in [-0.1, -0.05) is 31.2 Å². The fourth-order valence-electron chi connectivity index (χ4n) is 1.56. The molecule has 0 aliphatic rings. The number of hydrogen-bond donors (Lipinski definition) is 1. The molecule has 1 rings (SSSR count). The Kier molecular flexibility index (Phi) is 5.27. The van der Waals surface area contributed by atoms with Gasteiger partial charge < -0.3 is 10.1 Å². The average Bonchev–Trinajstić information content (AvgIpc) is 2.36. The van der Waals surface area contributed by atoms with Crippen LogP contribution in [0.3, 0.4) is 0 Å². The molecule has 1 N–H and O–H groups in total. The van der Waals surface area contributed by atoms with Crippen molar-refractivity contribution in [1.29, 1.82) is 0 Å². The molecule has 0 aliphatic heterocycles. The number of rotatable bonds is 5. The van der Waals surface area contributed by atoms with Gasteiger partial charge in [-0.05, 0) is 19.4 Å². The van der Waals surface area contributed by atoms with E-state index in [1.165, 1.54) is 0 Å². The Labute approximate surface area is 102 Å². The van der Waals surface area contributed by atoms with E-state index >= 15 is 0 Å². The lowest BCUT2D eigenvalue weighted by molar-refractivity contribution is -0.117. The lowest BCUT2D eigenvalue weighted by atomic mass is 10.2. The van der Waals surface area contributed by atoms with Crippen molar-refractivity contribution in [2.45, 2.75) is 26.8 Å². The Balaban J connectivity index is 2.61. The van der Waals surface area contributed by atoms with Crippen molar-refractivity contribution in [3.8, 4) is 5.75 Å². The average molecular weight is 233 g/mol. The van der Waals surface area contributed by atoms with Crippen molar-refractivity contribution in [1.82, 2.24) is 5.32 Å². The zero-order valence-corrected chi connectivity index (χ0v) is 10.6. The predicted molar refractivity (Wildman–Crippen MR) is 68.9 cm³/mol. The van der Waals surface area contributed by atoms with E-state index in [9.17, 15) is 4.79 Å². The first-order chi connectivity index (χ1) is 8.19. The van der Waals surface area contributed by atoms with Gasteiger partial charge >= 0.3 is 0 Å². The van der Waals surface area contributed by atoms with Gasteiger partial charge in [0.1, 0.15) is 5.75 Å². The Morgan fingerprint density at radius 2 is 2.12 bits per heavy atom. The zero-order chi connectivity index (χ0) is 12.7. The smallest absolute Gasteiger partial charge is 0.246 e. The number of carbonyl (C=O) groups is 1. The molecule has 0 heterocycles. The maximum atomic E-state index is 11.7. The summed E-state index contributed by atoms with van der Waals surface area (Å²) in [6.45, 7) is 4.32. The number of ether oxygens (including phenoxy) is 1. The van der Waals surface area contributed by atoms with Gasteiger partial charge in [0.25, 0.3) is 0 Å². The lowest BCUT2D eigenvalue weighted by Gasteiger charge is -2.09. The Morgan fingerprint density at radius 3 is 2.76 bits per heavy atom. The van der Waals surface area contributed by atoms with Crippen LogP contribution in [0.25, 0.3) is 0 Å². The van der Waals surface area contributed by atoms with Gasteiger partial charge in [-0.25, -0.2) is 0 Å². The van der Waals surface area contributed by atoms with Crippen LogP contribution in [0.5, 0.6) is 5.75 Å². The number of para-hydroxylation sites is 1. The Hall–Kier alpha value is -1.77. The first-order valence-electron chi connectivity index (χ1n) is 5.75.